The maximum atomic E-state index is 4.52. The van der Waals surface area contributed by atoms with Crippen LogP contribution in [0, 0.1) is 0 Å². The topological polar surface area (TPSA) is 49.8 Å². The van der Waals surface area contributed by atoms with E-state index >= 15 is 0 Å². The lowest BCUT2D eigenvalue weighted by atomic mass is 10.2. The molecule has 6 heteroatoms. The van der Waals surface area contributed by atoms with E-state index in [1.807, 2.05) is 12.3 Å². The molecule has 0 unspecified atom stereocenters. The van der Waals surface area contributed by atoms with Gasteiger partial charge >= 0.3 is 0 Å². The Labute approximate surface area is 134 Å². The van der Waals surface area contributed by atoms with E-state index in [1.165, 1.54) is 10.4 Å². The largest absolute Gasteiger partial charge is 0.370 e. The lowest BCUT2D eigenvalue weighted by Crippen LogP contribution is -2.07. The highest BCUT2D eigenvalue weighted by atomic mass is 32.2. The average Bonchev–Trinajstić information content (AvgIpc) is 2.98. The number of aromatic nitrogens is 2. The fourth-order valence-electron chi connectivity index (χ4n) is 1.96. The Hall–Kier alpha value is -1.27. The fraction of sp³-hybridized carbons (Fsp3) is 0.467. The Morgan fingerprint density at radius 2 is 1.95 bits per heavy atom. The Kier molecular flexibility index (Phi) is 6.32. The van der Waals surface area contributed by atoms with Gasteiger partial charge in [0.1, 0.15) is 11.6 Å². The first-order valence-corrected chi connectivity index (χ1v) is 9.33. The van der Waals surface area contributed by atoms with Gasteiger partial charge in [0.05, 0.1) is 6.54 Å². The van der Waals surface area contributed by atoms with Gasteiger partial charge in [0, 0.05) is 17.5 Å². The average molecular weight is 323 g/mol. The van der Waals surface area contributed by atoms with E-state index in [-0.39, 0.29) is 0 Å². The van der Waals surface area contributed by atoms with E-state index in [0.717, 1.165) is 42.7 Å². The van der Waals surface area contributed by atoms with E-state index in [4.69, 9.17) is 0 Å². The van der Waals surface area contributed by atoms with Crippen LogP contribution in [-0.2, 0) is 13.0 Å². The molecule has 21 heavy (non-hydrogen) atoms. The summed E-state index contributed by atoms with van der Waals surface area (Å²) < 4.78 is 0. The van der Waals surface area contributed by atoms with Crippen LogP contribution in [0.4, 0.5) is 11.6 Å². The summed E-state index contributed by atoms with van der Waals surface area (Å²) in [5.74, 6) is 1.77. The van der Waals surface area contributed by atoms with Crippen LogP contribution in [0.15, 0.2) is 22.7 Å². The molecule has 0 aromatic carbocycles. The van der Waals surface area contributed by atoms with E-state index in [2.05, 4.69) is 45.9 Å². The predicted molar refractivity (Wildman–Crippen MR) is 93.6 cm³/mol. The summed E-state index contributed by atoms with van der Waals surface area (Å²) in [7, 11) is 0. The van der Waals surface area contributed by atoms with E-state index in [1.54, 1.807) is 23.1 Å². The minimum absolute atomic E-state index is 0.792. The zero-order valence-corrected chi connectivity index (χ0v) is 14.4. The molecule has 4 nitrogen and oxygen atoms in total. The predicted octanol–water partition coefficient (Wildman–Crippen LogP) is 4.26. The van der Waals surface area contributed by atoms with Crippen LogP contribution in [0.1, 0.15) is 30.7 Å². The molecular formula is C15H22N4S2. The number of aryl methyl sites for hydroxylation is 1. The van der Waals surface area contributed by atoms with Crippen LogP contribution in [0.2, 0.25) is 0 Å². The van der Waals surface area contributed by atoms with Crippen LogP contribution < -0.4 is 10.6 Å². The zero-order chi connectivity index (χ0) is 15.1. The molecule has 0 radical (unpaired) electrons. The lowest BCUT2D eigenvalue weighted by Gasteiger charge is -2.10. The first kappa shape index (κ1) is 16.1. The standard InChI is InChI=1S/C15H22N4S2/c1-4-7-16-13-9-14(19-15(18-13)20-3)17-10-12-11(5-2)6-8-21-12/h6,8-9H,4-5,7,10H2,1-3H3,(H2,16,17,18,19). The second-order valence-corrected chi connectivity index (χ2v) is 6.40. The highest BCUT2D eigenvalue weighted by molar-refractivity contribution is 7.98. The van der Waals surface area contributed by atoms with Crippen LogP contribution in [0.3, 0.4) is 0 Å². The summed E-state index contributed by atoms with van der Waals surface area (Å²) in [5, 5.41) is 9.68. The van der Waals surface area contributed by atoms with Crippen molar-refractivity contribution in [1.29, 1.82) is 0 Å². The van der Waals surface area contributed by atoms with Crippen molar-refractivity contribution in [3.8, 4) is 0 Å². The second kappa shape index (κ2) is 8.24. The number of hydrogen-bond donors (Lipinski definition) is 2. The molecule has 2 N–H and O–H groups in total. The highest BCUT2D eigenvalue weighted by Gasteiger charge is 2.06. The van der Waals surface area contributed by atoms with Gasteiger partial charge in [-0.1, -0.05) is 25.6 Å². The lowest BCUT2D eigenvalue weighted by molar-refractivity contribution is 0.922. The molecule has 2 rings (SSSR count). The van der Waals surface area contributed by atoms with E-state index < -0.39 is 0 Å². The number of nitrogens with zero attached hydrogens (tertiary/aromatic N) is 2. The van der Waals surface area contributed by atoms with Gasteiger partial charge in [-0.15, -0.1) is 11.3 Å². The third-order valence-electron chi connectivity index (χ3n) is 3.09. The van der Waals surface area contributed by atoms with Crippen molar-refractivity contribution in [3.63, 3.8) is 0 Å². The monoisotopic (exact) mass is 322 g/mol. The molecule has 0 bridgehead atoms. The number of thiophene rings is 1. The Morgan fingerprint density at radius 3 is 2.62 bits per heavy atom. The molecule has 2 heterocycles. The molecule has 114 valence electrons. The van der Waals surface area contributed by atoms with Gasteiger partial charge in [-0.2, -0.15) is 0 Å². The van der Waals surface area contributed by atoms with Crippen LogP contribution in [-0.4, -0.2) is 22.8 Å². The minimum Gasteiger partial charge on any atom is -0.370 e. The van der Waals surface area contributed by atoms with Crippen molar-refractivity contribution in [3.05, 3.63) is 28.0 Å². The Bertz CT molecular complexity index is 569. The normalized spacial score (nSPS) is 10.6. The SMILES string of the molecule is CCCNc1cc(NCc2sccc2CC)nc(SC)n1. The third kappa shape index (κ3) is 4.61. The summed E-state index contributed by atoms with van der Waals surface area (Å²) in [6, 6.07) is 4.18. The summed E-state index contributed by atoms with van der Waals surface area (Å²) in [4.78, 5) is 10.4. The number of thioether (sulfide) groups is 1. The Morgan fingerprint density at radius 1 is 1.19 bits per heavy atom. The third-order valence-corrected chi connectivity index (χ3v) is 4.60. The second-order valence-electron chi connectivity index (χ2n) is 4.63. The zero-order valence-electron chi connectivity index (χ0n) is 12.8. The van der Waals surface area contributed by atoms with Crippen LogP contribution in [0.25, 0.3) is 0 Å². The molecular weight excluding hydrogens is 300 g/mol. The van der Waals surface area contributed by atoms with Crippen molar-refractivity contribution in [2.75, 3.05) is 23.4 Å². The van der Waals surface area contributed by atoms with Gasteiger partial charge in [-0.3, -0.25) is 0 Å². The van der Waals surface area contributed by atoms with Gasteiger partial charge in [-0.25, -0.2) is 9.97 Å². The number of anilines is 2. The number of hydrogen-bond acceptors (Lipinski definition) is 6. The maximum absolute atomic E-state index is 4.52. The summed E-state index contributed by atoms with van der Waals surface area (Å²) in [6.07, 6.45) is 4.15. The smallest absolute Gasteiger partial charge is 0.191 e. The summed E-state index contributed by atoms with van der Waals surface area (Å²) in [5.41, 5.74) is 1.41. The van der Waals surface area contributed by atoms with Crippen molar-refractivity contribution >= 4 is 34.7 Å². The molecule has 0 aliphatic heterocycles. The number of nitrogens with one attached hydrogen (secondary N) is 2. The first-order chi connectivity index (χ1) is 10.3. The Balaban J connectivity index is 2.07. The molecule has 0 atom stereocenters. The van der Waals surface area contributed by atoms with Gasteiger partial charge in [-0.05, 0) is 36.1 Å². The minimum atomic E-state index is 0.792. The molecule has 0 amide bonds. The van der Waals surface area contributed by atoms with E-state index in [9.17, 15) is 0 Å². The molecule has 0 saturated heterocycles. The van der Waals surface area contributed by atoms with Gasteiger partial charge in [0.2, 0.25) is 0 Å². The van der Waals surface area contributed by atoms with Gasteiger partial charge in [0.25, 0.3) is 0 Å². The van der Waals surface area contributed by atoms with Gasteiger partial charge in [0.15, 0.2) is 5.16 Å². The van der Waals surface area contributed by atoms with Crippen molar-refractivity contribution in [2.45, 2.75) is 38.4 Å². The molecule has 0 fully saturated rings. The van der Waals surface area contributed by atoms with Crippen LogP contribution in [0.5, 0.6) is 0 Å². The molecule has 2 aromatic heterocycles. The maximum Gasteiger partial charge on any atom is 0.191 e. The number of rotatable bonds is 8. The van der Waals surface area contributed by atoms with E-state index in [0.29, 0.717) is 0 Å². The van der Waals surface area contributed by atoms with Crippen molar-refractivity contribution in [2.24, 2.45) is 0 Å². The summed E-state index contributed by atoms with van der Waals surface area (Å²) in [6.45, 7) is 6.08. The van der Waals surface area contributed by atoms with Gasteiger partial charge < -0.3 is 10.6 Å². The molecule has 0 aliphatic rings. The van der Waals surface area contributed by atoms with Crippen molar-refractivity contribution in [1.82, 2.24) is 9.97 Å². The first-order valence-electron chi connectivity index (χ1n) is 7.22. The molecule has 2 aromatic rings. The summed E-state index contributed by atoms with van der Waals surface area (Å²) >= 11 is 3.36. The molecule has 0 spiro atoms. The highest BCUT2D eigenvalue weighted by Crippen LogP contribution is 2.21. The molecule has 0 saturated carbocycles. The van der Waals surface area contributed by atoms with Crippen molar-refractivity contribution < 1.29 is 0 Å². The fourth-order valence-corrected chi connectivity index (χ4v) is 3.25. The van der Waals surface area contributed by atoms with Crippen LogP contribution >= 0.6 is 23.1 Å². The quantitative estimate of drug-likeness (QED) is 0.562. The molecule has 0 aliphatic carbocycles.